The van der Waals surface area contributed by atoms with E-state index in [-0.39, 0.29) is 15.9 Å². The second kappa shape index (κ2) is 10.4. The molecule has 3 rings (SSSR count). The highest BCUT2D eigenvalue weighted by molar-refractivity contribution is 7.91. The van der Waals surface area contributed by atoms with Crippen molar-refractivity contribution in [2.45, 2.75) is 37.8 Å². The number of amides is 1. The molecule has 1 N–H and O–H groups in total. The predicted octanol–water partition coefficient (Wildman–Crippen LogP) is 4.15. The minimum atomic E-state index is -3.65. The monoisotopic (exact) mass is 482 g/mol. The van der Waals surface area contributed by atoms with Gasteiger partial charge in [-0.25, -0.2) is 8.42 Å². The van der Waals surface area contributed by atoms with Gasteiger partial charge in [-0.15, -0.1) is 0 Å². The maximum Gasteiger partial charge on any atom is 0.268 e. The van der Waals surface area contributed by atoms with E-state index in [1.807, 2.05) is 37.3 Å². The molecule has 0 aliphatic rings. The molecule has 0 unspecified atom stereocenters. The van der Waals surface area contributed by atoms with Gasteiger partial charge in [0.05, 0.1) is 5.25 Å². The van der Waals surface area contributed by atoms with Crippen LogP contribution in [0.3, 0.4) is 0 Å². The first-order chi connectivity index (χ1) is 15.7. The van der Waals surface area contributed by atoms with Crippen molar-refractivity contribution in [3.63, 3.8) is 0 Å². The van der Waals surface area contributed by atoms with Crippen molar-refractivity contribution < 1.29 is 17.9 Å². The molecular weight excluding hydrogens is 460 g/mol. The fourth-order valence-corrected chi connectivity index (χ4v) is 4.36. The van der Waals surface area contributed by atoms with E-state index in [0.717, 1.165) is 22.7 Å². The van der Waals surface area contributed by atoms with Crippen LogP contribution in [0.15, 0.2) is 59.3 Å². The smallest absolute Gasteiger partial charge is 0.268 e. The first kappa shape index (κ1) is 24.1. The third-order valence-electron chi connectivity index (χ3n) is 4.71. The number of nitrogens with zero attached hydrogens (tertiary/aromatic N) is 3. The molecule has 0 radical (unpaired) electrons. The van der Waals surface area contributed by atoms with Gasteiger partial charge in [0.2, 0.25) is 15.0 Å². The highest BCUT2D eigenvalue weighted by Gasteiger charge is 2.25. The number of anilines is 1. The van der Waals surface area contributed by atoms with Gasteiger partial charge in [0, 0.05) is 11.5 Å². The van der Waals surface area contributed by atoms with Crippen molar-refractivity contribution >= 4 is 38.5 Å². The highest BCUT2D eigenvalue weighted by atomic mass is 32.2. The lowest BCUT2D eigenvalue weighted by Crippen LogP contribution is -2.16. The molecule has 0 bridgehead atoms. The Kier molecular flexibility index (Phi) is 7.58. The standard InChI is InChI=1S/C23H22N4O4S2/c1-15(2)33(29,30)23-26-22(32-27-23)25-21(28)19(13-24)12-17-8-10-20(11-9-17)31-14-18-7-5-4-6-16(18)3/h4-12,15H,14H2,1-3H3,(H,25,26,27,28)/b19-12-. The van der Waals surface area contributed by atoms with Gasteiger partial charge in [-0.3, -0.25) is 10.1 Å². The largest absolute Gasteiger partial charge is 0.489 e. The van der Waals surface area contributed by atoms with E-state index >= 15 is 0 Å². The van der Waals surface area contributed by atoms with E-state index in [1.165, 1.54) is 19.9 Å². The molecular formula is C23H22N4O4S2. The van der Waals surface area contributed by atoms with Crippen LogP contribution in [0.5, 0.6) is 5.75 Å². The minimum Gasteiger partial charge on any atom is -0.489 e. The number of sulfone groups is 1. The molecule has 0 spiro atoms. The molecule has 170 valence electrons. The second-order valence-corrected chi connectivity index (χ2v) is 10.5. The molecule has 0 fully saturated rings. The molecule has 8 nitrogen and oxygen atoms in total. The van der Waals surface area contributed by atoms with E-state index in [4.69, 9.17) is 4.74 Å². The average Bonchev–Trinajstić information content (AvgIpc) is 3.27. The van der Waals surface area contributed by atoms with Crippen LogP contribution in [0.25, 0.3) is 6.08 Å². The number of aryl methyl sites for hydroxylation is 1. The zero-order chi connectivity index (χ0) is 24.0. The number of hydrogen-bond acceptors (Lipinski definition) is 8. The number of benzene rings is 2. The van der Waals surface area contributed by atoms with Crippen molar-refractivity contribution in [1.29, 1.82) is 5.26 Å². The van der Waals surface area contributed by atoms with Crippen LogP contribution in [-0.2, 0) is 21.2 Å². The van der Waals surface area contributed by atoms with Crippen molar-refractivity contribution in [2.75, 3.05) is 5.32 Å². The van der Waals surface area contributed by atoms with Gasteiger partial charge < -0.3 is 4.74 Å². The van der Waals surface area contributed by atoms with E-state index in [9.17, 15) is 18.5 Å². The highest BCUT2D eigenvalue weighted by Crippen LogP contribution is 2.20. The van der Waals surface area contributed by atoms with E-state index in [0.29, 0.717) is 17.9 Å². The summed E-state index contributed by atoms with van der Waals surface area (Å²) in [6.45, 7) is 5.49. The van der Waals surface area contributed by atoms with Crippen molar-refractivity contribution in [3.8, 4) is 11.8 Å². The minimum absolute atomic E-state index is 0.000304. The Labute approximate surface area is 196 Å². The van der Waals surface area contributed by atoms with Crippen LogP contribution in [-0.4, -0.2) is 28.9 Å². The molecule has 10 heteroatoms. The van der Waals surface area contributed by atoms with Crippen molar-refractivity contribution in [3.05, 3.63) is 70.8 Å². The zero-order valence-electron chi connectivity index (χ0n) is 18.3. The first-order valence-electron chi connectivity index (χ1n) is 9.99. The van der Waals surface area contributed by atoms with Crippen LogP contribution < -0.4 is 10.1 Å². The number of rotatable bonds is 8. The fourth-order valence-electron chi connectivity index (χ4n) is 2.66. The molecule has 0 aliphatic heterocycles. The Morgan fingerprint density at radius 1 is 1.21 bits per heavy atom. The summed E-state index contributed by atoms with van der Waals surface area (Å²) in [6.07, 6.45) is 1.42. The van der Waals surface area contributed by atoms with Gasteiger partial charge in [0.25, 0.3) is 11.1 Å². The summed E-state index contributed by atoms with van der Waals surface area (Å²) in [5, 5.41) is 10.8. The van der Waals surface area contributed by atoms with Gasteiger partial charge in [-0.2, -0.15) is 14.6 Å². The third-order valence-corrected chi connectivity index (χ3v) is 7.39. The summed E-state index contributed by atoms with van der Waals surface area (Å²) in [5.41, 5.74) is 2.70. The molecule has 2 aromatic carbocycles. The molecule has 33 heavy (non-hydrogen) atoms. The van der Waals surface area contributed by atoms with Crippen LogP contribution in [0, 0.1) is 18.3 Å². The maximum absolute atomic E-state index is 12.5. The number of hydrogen-bond donors (Lipinski definition) is 1. The molecule has 1 heterocycles. The fraction of sp³-hybridized carbons (Fsp3) is 0.217. The lowest BCUT2D eigenvalue weighted by Gasteiger charge is -2.08. The lowest BCUT2D eigenvalue weighted by molar-refractivity contribution is -0.112. The summed E-state index contributed by atoms with van der Waals surface area (Å²) >= 11 is 0.737. The lowest BCUT2D eigenvalue weighted by atomic mass is 10.1. The number of nitrogens with one attached hydrogen (secondary N) is 1. The molecule has 0 saturated carbocycles. The van der Waals surface area contributed by atoms with Gasteiger partial charge in [0.15, 0.2) is 0 Å². The quantitative estimate of drug-likeness (QED) is 0.378. The normalized spacial score (nSPS) is 11.8. The maximum atomic E-state index is 12.5. The van der Waals surface area contributed by atoms with Gasteiger partial charge in [-0.05, 0) is 55.7 Å². The molecule has 0 aliphatic carbocycles. The van der Waals surface area contributed by atoms with Crippen molar-refractivity contribution in [1.82, 2.24) is 9.36 Å². The number of nitriles is 1. The molecule has 1 aromatic heterocycles. The summed E-state index contributed by atoms with van der Waals surface area (Å²) < 4.78 is 33.9. The second-order valence-electron chi connectivity index (χ2n) is 7.38. The number of ether oxygens (including phenoxy) is 1. The van der Waals surface area contributed by atoms with E-state index in [2.05, 4.69) is 14.7 Å². The van der Waals surface area contributed by atoms with Crippen molar-refractivity contribution in [2.24, 2.45) is 0 Å². The first-order valence-corrected chi connectivity index (χ1v) is 12.3. The van der Waals surface area contributed by atoms with Crippen LogP contribution in [0.1, 0.15) is 30.5 Å². The summed E-state index contributed by atoms with van der Waals surface area (Å²) in [4.78, 5) is 16.3. The molecule has 0 saturated heterocycles. The van der Waals surface area contributed by atoms with Gasteiger partial charge in [0.1, 0.15) is 24.0 Å². The Bertz CT molecular complexity index is 1320. The van der Waals surface area contributed by atoms with Crippen LogP contribution in [0.4, 0.5) is 5.13 Å². The molecule has 3 aromatic rings. The van der Waals surface area contributed by atoms with Crippen LogP contribution in [0.2, 0.25) is 0 Å². The summed E-state index contributed by atoms with van der Waals surface area (Å²) in [7, 11) is -3.65. The summed E-state index contributed by atoms with van der Waals surface area (Å²) in [6, 6.07) is 16.8. The Morgan fingerprint density at radius 2 is 1.91 bits per heavy atom. The average molecular weight is 483 g/mol. The topological polar surface area (TPSA) is 122 Å². The van der Waals surface area contributed by atoms with E-state index in [1.54, 1.807) is 24.3 Å². The SMILES string of the molecule is Cc1ccccc1COc1ccc(/C=C(/C#N)C(=O)Nc2nc(S(=O)(=O)C(C)C)ns2)cc1. The number of carbonyl (C=O) groups is 1. The zero-order valence-corrected chi connectivity index (χ0v) is 19.9. The van der Waals surface area contributed by atoms with Gasteiger partial charge >= 0.3 is 0 Å². The van der Waals surface area contributed by atoms with E-state index < -0.39 is 21.0 Å². The molecule has 1 amide bonds. The Hall–Kier alpha value is -3.55. The predicted molar refractivity (Wildman–Crippen MR) is 126 cm³/mol. The van der Waals surface area contributed by atoms with Gasteiger partial charge in [-0.1, -0.05) is 36.4 Å². The third kappa shape index (κ3) is 6.03. The molecule has 0 atom stereocenters. The summed E-state index contributed by atoms with van der Waals surface area (Å²) in [5.74, 6) is -0.0480. The number of aromatic nitrogens is 2. The Balaban J connectivity index is 1.66. The van der Waals surface area contributed by atoms with Crippen LogP contribution >= 0.6 is 11.5 Å². The number of carbonyl (C=O) groups excluding carboxylic acids is 1. The Morgan fingerprint density at radius 3 is 2.55 bits per heavy atom.